The Labute approximate surface area is 179 Å². The highest BCUT2D eigenvalue weighted by Gasteiger charge is 2.29. The second-order valence-electron chi connectivity index (χ2n) is 8.10. The lowest BCUT2D eigenvalue weighted by molar-refractivity contribution is -0.137. The van der Waals surface area contributed by atoms with Crippen molar-refractivity contribution in [2.24, 2.45) is 10.9 Å². The van der Waals surface area contributed by atoms with E-state index in [1.165, 1.54) is 12.8 Å². The Kier molecular flexibility index (Phi) is 8.29. The Morgan fingerprint density at radius 1 is 1.31 bits per heavy atom. The summed E-state index contributed by atoms with van der Waals surface area (Å²) in [6, 6.07) is 0. The van der Waals surface area contributed by atoms with Crippen LogP contribution >= 0.6 is 11.3 Å². The standard InChI is InChI=1S/C21H36N6OS/c1-4-22-21(25(3)15-19-16-29-17(2)24-19)23-9-10-26-11-13-27(14-12-26)20(28)18-7-5-6-8-18/h16,18H,4-15H2,1-3H3,(H,22,23). The molecule has 0 bridgehead atoms. The SMILES string of the molecule is CCNC(=NCCN1CCN(C(=O)C2CCCC2)CC1)N(C)Cc1csc(C)n1. The van der Waals surface area contributed by atoms with E-state index >= 15 is 0 Å². The molecule has 0 spiro atoms. The molecule has 162 valence electrons. The van der Waals surface area contributed by atoms with Crippen LogP contribution in [0.25, 0.3) is 0 Å². The largest absolute Gasteiger partial charge is 0.357 e. The van der Waals surface area contributed by atoms with Gasteiger partial charge in [0.05, 0.1) is 23.8 Å². The zero-order valence-corrected chi connectivity index (χ0v) is 19.0. The van der Waals surface area contributed by atoms with Crippen molar-refractivity contribution in [3.63, 3.8) is 0 Å². The molecule has 8 heteroatoms. The van der Waals surface area contributed by atoms with Crippen molar-refractivity contribution >= 4 is 23.2 Å². The highest BCUT2D eigenvalue weighted by atomic mass is 32.1. The Bertz CT molecular complexity index is 676. The summed E-state index contributed by atoms with van der Waals surface area (Å²) in [6.07, 6.45) is 4.63. The van der Waals surface area contributed by atoms with Crippen LogP contribution in [0.3, 0.4) is 0 Å². The first kappa shape index (κ1) is 22.0. The number of nitrogens with one attached hydrogen (secondary N) is 1. The molecule has 1 aliphatic carbocycles. The smallest absolute Gasteiger partial charge is 0.225 e. The van der Waals surface area contributed by atoms with Crippen LogP contribution in [0.2, 0.25) is 0 Å². The number of hydrogen-bond donors (Lipinski definition) is 1. The quantitative estimate of drug-likeness (QED) is 0.541. The molecule has 1 aliphatic heterocycles. The minimum atomic E-state index is 0.297. The molecule has 0 aromatic carbocycles. The molecule has 1 saturated heterocycles. The number of amides is 1. The minimum absolute atomic E-state index is 0.297. The van der Waals surface area contributed by atoms with Crippen LogP contribution in [0.15, 0.2) is 10.4 Å². The summed E-state index contributed by atoms with van der Waals surface area (Å²) < 4.78 is 0. The number of aromatic nitrogens is 1. The zero-order chi connectivity index (χ0) is 20.6. The molecular weight excluding hydrogens is 384 g/mol. The van der Waals surface area contributed by atoms with Crippen molar-refractivity contribution < 1.29 is 4.79 Å². The third-order valence-electron chi connectivity index (χ3n) is 5.83. The van der Waals surface area contributed by atoms with E-state index in [1.54, 1.807) is 11.3 Å². The maximum atomic E-state index is 12.6. The van der Waals surface area contributed by atoms with Gasteiger partial charge in [0.25, 0.3) is 0 Å². The van der Waals surface area contributed by atoms with Crippen LogP contribution in [0, 0.1) is 12.8 Å². The summed E-state index contributed by atoms with van der Waals surface area (Å²) in [4.78, 5) is 28.6. The second kappa shape index (κ2) is 10.9. The van der Waals surface area contributed by atoms with E-state index in [9.17, 15) is 4.79 Å². The summed E-state index contributed by atoms with van der Waals surface area (Å²) in [7, 11) is 2.06. The van der Waals surface area contributed by atoms with Gasteiger partial charge in [-0.15, -0.1) is 11.3 Å². The number of carbonyl (C=O) groups is 1. The van der Waals surface area contributed by atoms with Crippen molar-refractivity contribution in [1.29, 1.82) is 0 Å². The first-order chi connectivity index (χ1) is 14.1. The van der Waals surface area contributed by atoms with Gasteiger partial charge in [-0.3, -0.25) is 14.7 Å². The minimum Gasteiger partial charge on any atom is -0.357 e. The highest BCUT2D eigenvalue weighted by molar-refractivity contribution is 7.09. The number of hydrogen-bond acceptors (Lipinski definition) is 5. The fraction of sp³-hybridized carbons (Fsp3) is 0.762. The van der Waals surface area contributed by atoms with Crippen LogP contribution in [0.5, 0.6) is 0 Å². The second-order valence-corrected chi connectivity index (χ2v) is 9.16. The van der Waals surface area contributed by atoms with E-state index in [4.69, 9.17) is 4.99 Å². The Balaban J connectivity index is 1.43. The van der Waals surface area contributed by atoms with Gasteiger partial charge < -0.3 is 15.1 Å². The summed E-state index contributed by atoms with van der Waals surface area (Å²) in [6.45, 7) is 11.1. The third-order valence-corrected chi connectivity index (χ3v) is 6.65. The highest BCUT2D eigenvalue weighted by Crippen LogP contribution is 2.26. The maximum Gasteiger partial charge on any atom is 0.225 e. The fourth-order valence-electron chi connectivity index (χ4n) is 4.19. The van der Waals surface area contributed by atoms with Gasteiger partial charge in [0.1, 0.15) is 0 Å². The molecule has 0 radical (unpaired) electrons. The molecule has 1 aromatic rings. The van der Waals surface area contributed by atoms with E-state index < -0.39 is 0 Å². The van der Waals surface area contributed by atoms with Gasteiger partial charge in [0.15, 0.2) is 5.96 Å². The van der Waals surface area contributed by atoms with Crippen LogP contribution in [0.1, 0.15) is 43.3 Å². The van der Waals surface area contributed by atoms with Crippen LogP contribution < -0.4 is 5.32 Å². The van der Waals surface area contributed by atoms with E-state index in [2.05, 4.69) is 44.4 Å². The number of thiazole rings is 1. The molecule has 1 N–H and O–H groups in total. The molecule has 1 aromatic heterocycles. The molecule has 7 nitrogen and oxygen atoms in total. The number of rotatable bonds is 7. The van der Waals surface area contributed by atoms with Gasteiger partial charge in [0, 0.05) is 57.6 Å². The number of piperazine rings is 1. The monoisotopic (exact) mass is 420 g/mol. The fourth-order valence-corrected chi connectivity index (χ4v) is 4.79. The van der Waals surface area contributed by atoms with Crippen LogP contribution in [0.4, 0.5) is 0 Å². The van der Waals surface area contributed by atoms with Crippen molar-refractivity contribution in [2.45, 2.75) is 46.1 Å². The van der Waals surface area contributed by atoms with Gasteiger partial charge in [-0.1, -0.05) is 12.8 Å². The van der Waals surface area contributed by atoms with Gasteiger partial charge in [0.2, 0.25) is 5.91 Å². The van der Waals surface area contributed by atoms with E-state index in [0.29, 0.717) is 11.8 Å². The lowest BCUT2D eigenvalue weighted by Crippen LogP contribution is -2.50. The van der Waals surface area contributed by atoms with Crippen molar-refractivity contribution in [3.05, 3.63) is 16.1 Å². The Hall–Kier alpha value is -1.67. The molecule has 0 atom stereocenters. The zero-order valence-electron chi connectivity index (χ0n) is 18.2. The van der Waals surface area contributed by atoms with E-state index in [0.717, 1.165) is 81.9 Å². The average Bonchev–Trinajstić information content (AvgIpc) is 3.39. The first-order valence-corrected chi connectivity index (χ1v) is 11.9. The molecule has 3 rings (SSSR count). The lowest BCUT2D eigenvalue weighted by atomic mass is 10.1. The maximum absolute atomic E-state index is 12.6. The first-order valence-electron chi connectivity index (χ1n) is 11.0. The predicted octanol–water partition coefficient (Wildman–Crippen LogP) is 2.18. The topological polar surface area (TPSA) is 64.1 Å². The predicted molar refractivity (Wildman–Crippen MR) is 119 cm³/mol. The summed E-state index contributed by atoms with van der Waals surface area (Å²) in [5.41, 5.74) is 1.09. The van der Waals surface area contributed by atoms with Gasteiger partial charge in [-0.05, 0) is 26.7 Å². The van der Waals surface area contributed by atoms with Crippen LogP contribution in [-0.4, -0.2) is 84.4 Å². The van der Waals surface area contributed by atoms with Crippen LogP contribution in [-0.2, 0) is 11.3 Å². The summed E-state index contributed by atoms with van der Waals surface area (Å²) >= 11 is 1.69. The number of carbonyl (C=O) groups excluding carboxylic acids is 1. The number of aryl methyl sites for hydroxylation is 1. The summed E-state index contributed by atoms with van der Waals surface area (Å²) in [5.74, 6) is 1.62. The molecule has 0 unspecified atom stereocenters. The molecule has 2 fully saturated rings. The number of aliphatic imine (C=N–C) groups is 1. The van der Waals surface area contributed by atoms with E-state index in [-0.39, 0.29) is 0 Å². The van der Waals surface area contributed by atoms with Gasteiger partial charge >= 0.3 is 0 Å². The van der Waals surface area contributed by atoms with Gasteiger partial charge in [-0.25, -0.2) is 4.98 Å². The third kappa shape index (κ3) is 6.40. The lowest BCUT2D eigenvalue weighted by Gasteiger charge is -2.35. The van der Waals surface area contributed by atoms with Crippen molar-refractivity contribution in [3.8, 4) is 0 Å². The molecular formula is C21H36N6OS. The number of nitrogens with zero attached hydrogens (tertiary/aromatic N) is 5. The Morgan fingerprint density at radius 2 is 2.03 bits per heavy atom. The van der Waals surface area contributed by atoms with Gasteiger partial charge in [-0.2, -0.15) is 0 Å². The van der Waals surface area contributed by atoms with Crippen molar-refractivity contribution in [2.75, 3.05) is 52.9 Å². The Morgan fingerprint density at radius 3 is 2.66 bits per heavy atom. The average molecular weight is 421 g/mol. The number of guanidine groups is 1. The molecule has 2 aliphatic rings. The molecule has 1 saturated carbocycles. The molecule has 29 heavy (non-hydrogen) atoms. The summed E-state index contributed by atoms with van der Waals surface area (Å²) in [5, 5.41) is 6.59. The van der Waals surface area contributed by atoms with E-state index in [1.807, 2.05) is 6.92 Å². The molecule has 1 amide bonds. The normalized spacial score (nSPS) is 19.0. The molecule has 2 heterocycles. The van der Waals surface area contributed by atoms with Crippen molar-refractivity contribution in [1.82, 2.24) is 25.0 Å².